The SMILES string of the molecule is CCNC(=O)c1ccc(-c2cc3nnn(C4CCN(C(=O)OC(C)C)CC4)c3cn2)c(C)c1. The molecule has 33 heavy (non-hydrogen) atoms. The number of carbonyl (C=O) groups is 2. The number of aromatic nitrogens is 4. The largest absolute Gasteiger partial charge is 0.447 e. The Balaban J connectivity index is 1.51. The summed E-state index contributed by atoms with van der Waals surface area (Å²) < 4.78 is 7.22. The van der Waals surface area contributed by atoms with E-state index in [1.807, 2.05) is 56.6 Å². The molecule has 0 spiro atoms. The molecule has 0 atom stereocenters. The molecule has 9 nitrogen and oxygen atoms in total. The zero-order chi connectivity index (χ0) is 23.5. The van der Waals surface area contributed by atoms with Gasteiger partial charge in [0.1, 0.15) is 11.0 Å². The number of hydrogen-bond acceptors (Lipinski definition) is 6. The van der Waals surface area contributed by atoms with E-state index in [1.165, 1.54) is 0 Å². The van der Waals surface area contributed by atoms with E-state index in [0.717, 1.165) is 40.7 Å². The van der Waals surface area contributed by atoms with Crippen LogP contribution in [0.3, 0.4) is 0 Å². The van der Waals surface area contributed by atoms with E-state index in [9.17, 15) is 9.59 Å². The van der Waals surface area contributed by atoms with Crippen molar-refractivity contribution in [2.45, 2.75) is 52.7 Å². The average molecular weight is 451 g/mol. The van der Waals surface area contributed by atoms with Crippen molar-refractivity contribution in [3.8, 4) is 11.3 Å². The van der Waals surface area contributed by atoms with Gasteiger partial charge in [-0.25, -0.2) is 9.48 Å². The van der Waals surface area contributed by atoms with Gasteiger partial charge in [-0.15, -0.1) is 5.10 Å². The van der Waals surface area contributed by atoms with Crippen LogP contribution in [-0.2, 0) is 4.74 Å². The van der Waals surface area contributed by atoms with Crippen LogP contribution >= 0.6 is 0 Å². The number of pyridine rings is 1. The lowest BCUT2D eigenvalue weighted by atomic mass is 10.0. The number of piperidine rings is 1. The fraction of sp³-hybridized carbons (Fsp3) is 0.458. The van der Waals surface area contributed by atoms with Crippen LogP contribution in [0, 0.1) is 6.92 Å². The highest BCUT2D eigenvalue weighted by molar-refractivity contribution is 5.95. The highest BCUT2D eigenvalue weighted by atomic mass is 16.6. The molecule has 1 fully saturated rings. The number of nitrogens with one attached hydrogen (secondary N) is 1. The number of nitrogens with zero attached hydrogens (tertiary/aromatic N) is 5. The molecule has 1 N–H and O–H groups in total. The van der Waals surface area contributed by atoms with Crippen molar-refractivity contribution >= 4 is 23.0 Å². The molecule has 4 rings (SSSR count). The predicted molar refractivity (Wildman–Crippen MR) is 125 cm³/mol. The van der Waals surface area contributed by atoms with Crippen LogP contribution in [0.1, 0.15) is 55.6 Å². The third-order valence-electron chi connectivity index (χ3n) is 5.86. The molecule has 3 aromatic rings. The van der Waals surface area contributed by atoms with Crippen LogP contribution < -0.4 is 5.32 Å². The summed E-state index contributed by atoms with van der Waals surface area (Å²) in [6, 6.07) is 7.70. The van der Waals surface area contributed by atoms with Crippen molar-refractivity contribution in [3.05, 3.63) is 41.6 Å². The lowest BCUT2D eigenvalue weighted by Gasteiger charge is -2.31. The number of aryl methyl sites for hydroxylation is 1. The van der Waals surface area contributed by atoms with Crippen LogP contribution in [0.4, 0.5) is 4.79 Å². The summed E-state index contributed by atoms with van der Waals surface area (Å²) >= 11 is 0. The van der Waals surface area contributed by atoms with Crippen LogP contribution in [0.25, 0.3) is 22.3 Å². The number of benzene rings is 1. The zero-order valence-electron chi connectivity index (χ0n) is 19.5. The fourth-order valence-electron chi connectivity index (χ4n) is 4.18. The second kappa shape index (κ2) is 9.56. The van der Waals surface area contributed by atoms with E-state index in [-0.39, 0.29) is 24.1 Å². The summed E-state index contributed by atoms with van der Waals surface area (Å²) in [5.74, 6) is -0.0815. The minimum atomic E-state index is -0.258. The van der Waals surface area contributed by atoms with Gasteiger partial charge >= 0.3 is 6.09 Å². The summed E-state index contributed by atoms with van der Waals surface area (Å²) in [4.78, 5) is 30.7. The summed E-state index contributed by atoms with van der Waals surface area (Å²) in [6.07, 6.45) is 3.00. The van der Waals surface area contributed by atoms with Gasteiger partial charge in [0.2, 0.25) is 0 Å². The monoisotopic (exact) mass is 450 g/mol. The molecule has 1 aliphatic rings. The number of rotatable bonds is 5. The molecule has 0 radical (unpaired) electrons. The Hall–Kier alpha value is -3.49. The Morgan fingerprint density at radius 3 is 2.64 bits per heavy atom. The second-order valence-electron chi connectivity index (χ2n) is 8.63. The molecule has 0 unspecified atom stereocenters. The maximum atomic E-state index is 12.1. The van der Waals surface area contributed by atoms with Crippen molar-refractivity contribution in [2.24, 2.45) is 0 Å². The molecule has 0 saturated carbocycles. The first-order valence-electron chi connectivity index (χ1n) is 11.4. The van der Waals surface area contributed by atoms with Gasteiger partial charge in [0.05, 0.1) is 24.0 Å². The third kappa shape index (κ3) is 4.81. The lowest BCUT2D eigenvalue weighted by Crippen LogP contribution is -2.40. The molecule has 0 aliphatic carbocycles. The van der Waals surface area contributed by atoms with E-state index < -0.39 is 0 Å². The molecule has 2 aromatic heterocycles. The van der Waals surface area contributed by atoms with Gasteiger partial charge in [-0.3, -0.25) is 9.78 Å². The molecule has 1 saturated heterocycles. The second-order valence-corrected chi connectivity index (χ2v) is 8.63. The molecule has 1 aliphatic heterocycles. The zero-order valence-corrected chi connectivity index (χ0v) is 19.5. The third-order valence-corrected chi connectivity index (χ3v) is 5.86. The van der Waals surface area contributed by atoms with E-state index in [1.54, 1.807) is 11.1 Å². The maximum Gasteiger partial charge on any atom is 0.410 e. The normalized spacial score (nSPS) is 14.6. The molecule has 0 bridgehead atoms. The van der Waals surface area contributed by atoms with Crippen molar-refractivity contribution in [1.82, 2.24) is 30.2 Å². The maximum absolute atomic E-state index is 12.1. The van der Waals surface area contributed by atoms with E-state index in [4.69, 9.17) is 4.74 Å². The van der Waals surface area contributed by atoms with E-state index in [2.05, 4.69) is 20.6 Å². The molecule has 2 amide bonds. The van der Waals surface area contributed by atoms with Crippen molar-refractivity contribution < 1.29 is 14.3 Å². The van der Waals surface area contributed by atoms with Crippen molar-refractivity contribution in [1.29, 1.82) is 0 Å². The minimum absolute atomic E-state index is 0.0815. The van der Waals surface area contributed by atoms with Crippen LogP contribution in [-0.4, -0.2) is 62.6 Å². The first-order chi connectivity index (χ1) is 15.9. The number of carbonyl (C=O) groups excluding carboxylic acids is 2. The Labute approximate surface area is 193 Å². The Bertz CT molecular complexity index is 1160. The number of amides is 2. The van der Waals surface area contributed by atoms with E-state index in [0.29, 0.717) is 25.2 Å². The Morgan fingerprint density at radius 1 is 1.21 bits per heavy atom. The minimum Gasteiger partial charge on any atom is -0.447 e. The van der Waals surface area contributed by atoms with Gasteiger partial charge in [-0.1, -0.05) is 11.3 Å². The molecular weight excluding hydrogens is 420 g/mol. The summed E-state index contributed by atoms with van der Waals surface area (Å²) in [6.45, 7) is 9.42. The van der Waals surface area contributed by atoms with Crippen molar-refractivity contribution in [3.63, 3.8) is 0 Å². The van der Waals surface area contributed by atoms with E-state index >= 15 is 0 Å². The molecular formula is C24H30N6O3. The lowest BCUT2D eigenvalue weighted by molar-refractivity contribution is 0.0654. The number of hydrogen-bond donors (Lipinski definition) is 1. The Morgan fingerprint density at radius 2 is 1.97 bits per heavy atom. The highest BCUT2D eigenvalue weighted by Gasteiger charge is 2.27. The van der Waals surface area contributed by atoms with Gasteiger partial charge in [-0.2, -0.15) is 0 Å². The molecule has 1 aromatic carbocycles. The predicted octanol–water partition coefficient (Wildman–Crippen LogP) is 3.73. The number of fused-ring (bicyclic) bond motifs is 1. The van der Waals surface area contributed by atoms with Crippen molar-refractivity contribution in [2.75, 3.05) is 19.6 Å². The standard InChI is InChI=1S/C24H30N6O3/c1-5-25-23(31)17-6-7-19(16(4)12-17)20-13-21-22(14-26-20)30(28-27-21)18-8-10-29(11-9-18)24(32)33-15(2)3/h6-7,12-15,18H,5,8-11H2,1-4H3,(H,25,31). The van der Waals surface area contributed by atoms with Gasteiger partial charge in [0.25, 0.3) is 5.91 Å². The summed E-state index contributed by atoms with van der Waals surface area (Å²) in [7, 11) is 0. The number of ether oxygens (including phenoxy) is 1. The van der Waals surface area contributed by atoms with Gasteiger partial charge in [-0.05, 0) is 64.3 Å². The molecule has 174 valence electrons. The topological polar surface area (TPSA) is 102 Å². The Kier molecular flexibility index (Phi) is 6.57. The first-order valence-corrected chi connectivity index (χ1v) is 11.4. The van der Waals surface area contributed by atoms with Gasteiger partial charge < -0.3 is 15.0 Å². The highest BCUT2D eigenvalue weighted by Crippen LogP contribution is 2.28. The van der Waals surface area contributed by atoms with Crippen LogP contribution in [0.15, 0.2) is 30.5 Å². The summed E-state index contributed by atoms with van der Waals surface area (Å²) in [5.41, 5.74) is 5.00. The quantitative estimate of drug-likeness (QED) is 0.635. The smallest absolute Gasteiger partial charge is 0.410 e. The summed E-state index contributed by atoms with van der Waals surface area (Å²) in [5, 5.41) is 11.6. The first kappa shape index (κ1) is 22.7. The molecule has 9 heteroatoms. The van der Waals surface area contributed by atoms with Gasteiger partial charge in [0.15, 0.2) is 0 Å². The van der Waals surface area contributed by atoms with Gasteiger partial charge in [0, 0.05) is 30.8 Å². The average Bonchev–Trinajstić information content (AvgIpc) is 3.22. The van der Waals surface area contributed by atoms with Crippen LogP contribution in [0.2, 0.25) is 0 Å². The fourth-order valence-corrected chi connectivity index (χ4v) is 4.18. The molecule has 3 heterocycles. The van der Waals surface area contributed by atoms with Crippen LogP contribution in [0.5, 0.6) is 0 Å². The number of likely N-dealkylation sites (tertiary alicyclic amines) is 1.